The number of hydrogen-bond donors (Lipinski definition) is 1. The number of carboxylic acids is 1. The van der Waals surface area contributed by atoms with E-state index in [4.69, 9.17) is 5.11 Å². The van der Waals surface area contributed by atoms with Gasteiger partial charge >= 0.3 is 5.97 Å². The number of nitrogens with zero attached hydrogens (tertiary/aromatic N) is 2. The number of carbonyl (C=O) groups excluding carboxylic acids is 1. The zero-order valence-electron chi connectivity index (χ0n) is 9.67. The minimum absolute atomic E-state index is 0.00962. The molecule has 5 nitrogen and oxygen atoms in total. The first kappa shape index (κ1) is 13.0. The van der Waals surface area contributed by atoms with Crippen LogP contribution in [0.25, 0.3) is 0 Å². The van der Waals surface area contributed by atoms with Crippen LogP contribution in [-0.4, -0.2) is 39.5 Å². The molecule has 1 saturated heterocycles. The molecule has 0 spiro atoms. The van der Waals surface area contributed by atoms with Gasteiger partial charge in [-0.3, -0.25) is 9.59 Å². The summed E-state index contributed by atoms with van der Waals surface area (Å²) in [5.74, 6) is -1.01. The number of halogens is 1. The van der Waals surface area contributed by atoms with Crippen LogP contribution < -0.4 is 0 Å². The van der Waals surface area contributed by atoms with Crippen LogP contribution in [0.1, 0.15) is 29.6 Å². The van der Waals surface area contributed by atoms with Crippen LogP contribution in [0.4, 0.5) is 0 Å². The van der Waals surface area contributed by atoms with Crippen LogP contribution in [0.2, 0.25) is 0 Å². The fraction of sp³-hybridized carbons (Fsp3) is 0.417. The summed E-state index contributed by atoms with van der Waals surface area (Å²) >= 11 is 3.21. The number of aliphatic carboxylic acids is 1. The molecule has 1 aliphatic rings. The highest BCUT2D eigenvalue weighted by atomic mass is 79.9. The highest BCUT2D eigenvalue weighted by Crippen LogP contribution is 2.22. The van der Waals surface area contributed by atoms with E-state index in [0.717, 1.165) is 12.8 Å². The molecule has 6 heteroatoms. The van der Waals surface area contributed by atoms with E-state index in [1.54, 1.807) is 17.0 Å². The van der Waals surface area contributed by atoms with Crippen LogP contribution in [0, 0.1) is 0 Å². The Hall–Kier alpha value is -1.43. The van der Waals surface area contributed by atoms with Gasteiger partial charge in [-0.25, -0.2) is 4.98 Å². The van der Waals surface area contributed by atoms with E-state index >= 15 is 0 Å². The van der Waals surface area contributed by atoms with Crippen molar-refractivity contribution >= 4 is 27.8 Å². The molecule has 1 aromatic heterocycles. The maximum Gasteiger partial charge on any atom is 0.305 e. The van der Waals surface area contributed by atoms with Crippen molar-refractivity contribution in [3.8, 4) is 0 Å². The van der Waals surface area contributed by atoms with Gasteiger partial charge in [0.1, 0.15) is 4.60 Å². The molecule has 0 aliphatic carbocycles. The summed E-state index contributed by atoms with van der Waals surface area (Å²) in [6.45, 7) is 0.618. The van der Waals surface area contributed by atoms with Crippen molar-refractivity contribution in [1.29, 1.82) is 0 Å². The number of aromatic nitrogens is 1. The third-order valence-electron chi connectivity index (χ3n) is 3.02. The molecule has 2 heterocycles. The van der Waals surface area contributed by atoms with Gasteiger partial charge in [-0.15, -0.1) is 0 Å². The molecular formula is C12H13BrN2O3. The second-order valence-corrected chi connectivity index (χ2v) is 5.07. The third kappa shape index (κ3) is 2.87. The highest BCUT2D eigenvalue weighted by Gasteiger charge is 2.30. The smallest absolute Gasteiger partial charge is 0.305 e. The van der Waals surface area contributed by atoms with E-state index < -0.39 is 5.97 Å². The maximum atomic E-state index is 12.2. The van der Waals surface area contributed by atoms with Crippen LogP contribution in [0.5, 0.6) is 0 Å². The summed E-state index contributed by atoms with van der Waals surface area (Å²) in [4.78, 5) is 28.6. The Morgan fingerprint density at radius 3 is 2.89 bits per heavy atom. The largest absolute Gasteiger partial charge is 0.481 e. The van der Waals surface area contributed by atoms with Crippen molar-refractivity contribution in [1.82, 2.24) is 9.88 Å². The number of likely N-dealkylation sites (tertiary alicyclic amines) is 1. The van der Waals surface area contributed by atoms with Gasteiger partial charge in [-0.05, 0) is 40.9 Å². The number of amides is 1. The van der Waals surface area contributed by atoms with Crippen LogP contribution in [0.15, 0.2) is 22.9 Å². The number of rotatable bonds is 3. The Labute approximate surface area is 113 Å². The van der Waals surface area contributed by atoms with Crippen molar-refractivity contribution in [2.24, 2.45) is 0 Å². The van der Waals surface area contributed by atoms with Gasteiger partial charge in [0, 0.05) is 18.8 Å². The Kier molecular flexibility index (Phi) is 3.96. The van der Waals surface area contributed by atoms with Crippen molar-refractivity contribution in [2.75, 3.05) is 6.54 Å². The lowest BCUT2D eigenvalue weighted by Gasteiger charge is -2.23. The first-order valence-corrected chi connectivity index (χ1v) is 6.51. The zero-order valence-corrected chi connectivity index (χ0v) is 11.3. The van der Waals surface area contributed by atoms with E-state index in [1.807, 2.05) is 0 Å². The zero-order chi connectivity index (χ0) is 13.1. The van der Waals surface area contributed by atoms with E-state index in [1.165, 1.54) is 6.20 Å². The molecule has 18 heavy (non-hydrogen) atoms. The lowest BCUT2D eigenvalue weighted by atomic mass is 10.1. The first-order valence-electron chi connectivity index (χ1n) is 5.72. The Morgan fingerprint density at radius 2 is 2.28 bits per heavy atom. The molecule has 0 bridgehead atoms. The summed E-state index contributed by atoms with van der Waals surface area (Å²) < 4.78 is 0.669. The van der Waals surface area contributed by atoms with Crippen molar-refractivity contribution in [3.63, 3.8) is 0 Å². The summed E-state index contributed by atoms with van der Waals surface area (Å²) in [7, 11) is 0. The molecule has 0 aromatic carbocycles. The summed E-state index contributed by atoms with van der Waals surface area (Å²) in [6, 6.07) is 3.20. The molecule has 1 aromatic rings. The lowest BCUT2D eigenvalue weighted by Crippen LogP contribution is -2.36. The van der Waals surface area contributed by atoms with Crippen LogP contribution in [0.3, 0.4) is 0 Å². The normalized spacial score (nSPS) is 18.9. The van der Waals surface area contributed by atoms with E-state index in [0.29, 0.717) is 16.7 Å². The van der Waals surface area contributed by atoms with Crippen molar-refractivity contribution < 1.29 is 14.7 Å². The fourth-order valence-electron chi connectivity index (χ4n) is 2.19. The molecule has 1 amide bonds. The van der Waals surface area contributed by atoms with Gasteiger partial charge in [0.05, 0.1) is 12.0 Å². The average molecular weight is 313 g/mol. The van der Waals surface area contributed by atoms with Gasteiger partial charge in [-0.1, -0.05) is 0 Å². The quantitative estimate of drug-likeness (QED) is 0.866. The van der Waals surface area contributed by atoms with E-state index in [9.17, 15) is 9.59 Å². The van der Waals surface area contributed by atoms with Crippen molar-refractivity contribution in [3.05, 3.63) is 28.5 Å². The number of hydrogen-bond acceptors (Lipinski definition) is 3. The van der Waals surface area contributed by atoms with E-state index in [-0.39, 0.29) is 18.4 Å². The Balaban J connectivity index is 2.12. The summed E-state index contributed by atoms with van der Waals surface area (Å²) in [6.07, 6.45) is 3.12. The minimum atomic E-state index is -0.867. The molecule has 1 atom stereocenters. The van der Waals surface area contributed by atoms with E-state index in [2.05, 4.69) is 20.9 Å². The van der Waals surface area contributed by atoms with Gasteiger partial charge in [0.15, 0.2) is 0 Å². The Bertz CT molecular complexity index is 461. The number of carbonyl (C=O) groups is 2. The standard InChI is InChI=1S/C12H13BrN2O3/c13-10-4-3-8(7-14-10)12(18)15-5-1-2-9(15)6-11(16)17/h3-4,7,9H,1-2,5-6H2,(H,16,17). The van der Waals surface area contributed by atoms with Gasteiger partial charge in [-0.2, -0.15) is 0 Å². The molecule has 2 rings (SSSR count). The lowest BCUT2D eigenvalue weighted by molar-refractivity contribution is -0.137. The molecule has 0 saturated carbocycles. The minimum Gasteiger partial charge on any atom is -0.481 e. The maximum absolute atomic E-state index is 12.2. The van der Waals surface area contributed by atoms with Crippen LogP contribution >= 0.6 is 15.9 Å². The average Bonchev–Trinajstić information content (AvgIpc) is 2.76. The predicted molar refractivity (Wildman–Crippen MR) is 68.2 cm³/mol. The third-order valence-corrected chi connectivity index (χ3v) is 3.49. The summed E-state index contributed by atoms with van der Waals surface area (Å²) in [5, 5.41) is 8.82. The molecule has 1 fully saturated rings. The first-order chi connectivity index (χ1) is 8.58. The molecule has 0 radical (unpaired) electrons. The van der Waals surface area contributed by atoms with Gasteiger partial charge < -0.3 is 10.0 Å². The molecule has 1 unspecified atom stereocenters. The van der Waals surface area contributed by atoms with Crippen molar-refractivity contribution in [2.45, 2.75) is 25.3 Å². The Morgan fingerprint density at radius 1 is 1.50 bits per heavy atom. The van der Waals surface area contributed by atoms with Crippen LogP contribution in [-0.2, 0) is 4.79 Å². The summed E-state index contributed by atoms with van der Waals surface area (Å²) in [5.41, 5.74) is 0.496. The topological polar surface area (TPSA) is 70.5 Å². The molecule has 1 N–H and O–H groups in total. The van der Waals surface area contributed by atoms with Gasteiger partial charge in [0.25, 0.3) is 5.91 Å². The SMILES string of the molecule is O=C(O)CC1CCCN1C(=O)c1ccc(Br)nc1. The monoisotopic (exact) mass is 312 g/mol. The highest BCUT2D eigenvalue weighted by molar-refractivity contribution is 9.10. The molecule has 1 aliphatic heterocycles. The van der Waals surface area contributed by atoms with Gasteiger partial charge in [0.2, 0.25) is 0 Å². The number of pyridine rings is 1. The number of carboxylic acid groups (broad SMARTS) is 1. The second kappa shape index (κ2) is 5.48. The molecule has 96 valence electrons. The molecular weight excluding hydrogens is 300 g/mol. The predicted octanol–water partition coefficient (Wildman–Crippen LogP) is 1.92. The fourth-order valence-corrected chi connectivity index (χ4v) is 2.42. The second-order valence-electron chi connectivity index (χ2n) is 4.26.